The number of aromatic nitrogens is 1. The van der Waals surface area contributed by atoms with Crippen molar-refractivity contribution in [1.29, 1.82) is 0 Å². The van der Waals surface area contributed by atoms with Gasteiger partial charge in [-0.15, -0.1) is 0 Å². The molecule has 0 atom stereocenters. The van der Waals surface area contributed by atoms with Gasteiger partial charge >= 0.3 is 0 Å². The highest BCUT2D eigenvalue weighted by molar-refractivity contribution is 5.26. The molecule has 0 aromatic carbocycles. The van der Waals surface area contributed by atoms with E-state index < -0.39 is 5.60 Å². The third-order valence-electron chi connectivity index (χ3n) is 2.98. The Bertz CT molecular complexity index is 280. The molecule has 72 valence electrons. The third kappa shape index (κ3) is 1.11. The van der Waals surface area contributed by atoms with Crippen molar-refractivity contribution < 1.29 is 9.84 Å². The van der Waals surface area contributed by atoms with Crippen molar-refractivity contribution in [2.45, 2.75) is 24.9 Å². The molecule has 3 heteroatoms. The summed E-state index contributed by atoms with van der Waals surface area (Å²) in [5.41, 5.74) is 0.0818. The third-order valence-corrected chi connectivity index (χ3v) is 2.98. The molecule has 2 rings (SSSR count). The number of nitrogens with one attached hydrogen (secondary N) is 1. The number of ether oxygens (including phenoxy) is 1. The second-order valence-electron chi connectivity index (χ2n) is 4.22. The van der Waals surface area contributed by atoms with Crippen LogP contribution in [-0.4, -0.2) is 28.9 Å². The van der Waals surface area contributed by atoms with E-state index in [1.165, 1.54) is 0 Å². The van der Waals surface area contributed by atoms with Crippen LogP contribution in [0.5, 0.6) is 0 Å². The molecule has 1 aliphatic heterocycles. The van der Waals surface area contributed by atoms with Gasteiger partial charge in [-0.1, -0.05) is 0 Å². The minimum absolute atomic E-state index is 0.240. The highest BCUT2D eigenvalue weighted by atomic mass is 16.5. The number of hydrogen-bond acceptors (Lipinski definition) is 2. The molecule has 3 nitrogen and oxygen atoms in total. The highest BCUT2D eigenvalue weighted by Gasteiger charge is 2.52. The van der Waals surface area contributed by atoms with Crippen LogP contribution in [0.1, 0.15) is 19.5 Å². The monoisotopic (exact) mass is 181 g/mol. The average molecular weight is 181 g/mol. The molecule has 0 unspecified atom stereocenters. The Labute approximate surface area is 77.7 Å². The summed E-state index contributed by atoms with van der Waals surface area (Å²) in [6, 6.07) is 3.95. The molecular weight excluding hydrogens is 166 g/mol. The number of aromatic amines is 1. The Morgan fingerprint density at radius 1 is 1.54 bits per heavy atom. The molecule has 1 aromatic rings. The second-order valence-corrected chi connectivity index (χ2v) is 4.22. The SMILES string of the molecule is CC(C)(O)C1(c2ccc[nH]2)COC1. The molecule has 0 radical (unpaired) electrons. The van der Waals surface area contributed by atoms with Gasteiger partial charge in [0.05, 0.1) is 24.2 Å². The summed E-state index contributed by atoms with van der Waals surface area (Å²) in [4.78, 5) is 3.15. The molecule has 2 N–H and O–H groups in total. The van der Waals surface area contributed by atoms with E-state index in [0.29, 0.717) is 13.2 Å². The predicted octanol–water partition coefficient (Wildman–Crippen LogP) is 1.05. The molecule has 2 heterocycles. The first kappa shape index (κ1) is 8.78. The van der Waals surface area contributed by atoms with Crippen LogP contribution in [0.3, 0.4) is 0 Å². The number of aliphatic hydroxyl groups is 1. The fourth-order valence-electron chi connectivity index (χ4n) is 1.77. The average Bonchev–Trinajstić information content (AvgIpc) is 2.32. The van der Waals surface area contributed by atoms with E-state index in [-0.39, 0.29) is 5.41 Å². The van der Waals surface area contributed by atoms with Crippen LogP contribution in [-0.2, 0) is 10.2 Å². The minimum Gasteiger partial charge on any atom is -0.389 e. The lowest BCUT2D eigenvalue weighted by Crippen LogP contribution is -2.60. The zero-order valence-electron chi connectivity index (χ0n) is 8.00. The minimum atomic E-state index is -0.740. The van der Waals surface area contributed by atoms with E-state index in [0.717, 1.165) is 5.69 Å². The van der Waals surface area contributed by atoms with Crippen molar-refractivity contribution in [2.24, 2.45) is 0 Å². The smallest absolute Gasteiger partial charge is 0.0851 e. The molecule has 0 aliphatic carbocycles. The molecule has 13 heavy (non-hydrogen) atoms. The van der Waals surface area contributed by atoms with Crippen LogP contribution in [0.15, 0.2) is 18.3 Å². The Morgan fingerprint density at radius 3 is 2.54 bits per heavy atom. The lowest BCUT2D eigenvalue weighted by Gasteiger charge is -2.49. The van der Waals surface area contributed by atoms with E-state index in [9.17, 15) is 5.11 Å². The molecule has 0 spiro atoms. The van der Waals surface area contributed by atoms with Gasteiger partial charge in [-0.3, -0.25) is 0 Å². The number of hydrogen-bond donors (Lipinski definition) is 2. The molecule has 1 saturated heterocycles. The van der Waals surface area contributed by atoms with E-state index in [4.69, 9.17) is 4.74 Å². The van der Waals surface area contributed by atoms with Crippen molar-refractivity contribution in [3.63, 3.8) is 0 Å². The first-order valence-corrected chi connectivity index (χ1v) is 4.50. The standard InChI is InChI=1S/C10H15NO2/c1-9(2,12)10(6-13-7-10)8-4-3-5-11-8/h3-5,11-12H,6-7H2,1-2H3. The van der Waals surface area contributed by atoms with Gasteiger partial charge < -0.3 is 14.8 Å². The molecule has 1 fully saturated rings. The van der Waals surface area contributed by atoms with Crippen LogP contribution in [0, 0.1) is 0 Å². The molecule has 0 amide bonds. The largest absolute Gasteiger partial charge is 0.389 e. The Hall–Kier alpha value is -0.800. The number of H-pyrrole nitrogens is 1. The van der Waals surface area contributed by atoms with Gasteiger partial charge in [0.2, 0.25) is 0 Å². The van der Waals surface area contributed by atoms with Crippen molar-refractivity contribution >= 4 is 0 Å². The lowest BCUT2D eigenvalue weighted by molar-refractivity contribution is -0.159. The van der Waals surface area contributed by atoms with Gasteiger partial charge in [0.1, 0.15) is 0 Å². The summed E-state index contributed by atoms with van der Waals surface area (Å²) < 4.78 is 5.21. The summed E-state index contributed by atoms with van der Waals surface area (Å²) in [7, 11) is 0. The fraction of sp³-hybridized carbons (Fsp3) is 0.600. The molecular formula is C10H15NO2. The quantitative estimate of drug-likeness (QED) is 0.716. The topological polar surface area (TPSA) is 45.2 Å². The first-order chi connectivity index (χ1) is 6.06. The fourth-order valence-corrected chi connectivity index (χ4v) is 1.77. The Morgan fingerprint density at radius 2 is 2.23 bits per heavy atom. The van der Waals surface area contributed by atoms with Crippen molar-refractivity contribution in [1.82, 2.24) is 4.98 Å². The Balaban J connectivity index is 2.37. The van der Waals surface area contributed by atoms with Crippen LogP contribution < -0.4 is 0 Å². The summed E-state index contributed by atoms with van der Waals surface area (Å²) in [5.74, 6) is 0. The number of rotatable bonds is 2. The van der Waals surface area contributed by atoms with Crippen LogP contribution >= 0.6 is 0 Å². The van der Waals surface area contributed by atoms with E-state index >= 15 is 0 Å². The van der Waals surface area contributed by atoms with Crippen LogP contribution in [0.2, 0.25) is 0 Å². The van der Waals surface area contributed by atoms with E-state index in [1.54, 1.807) is 0 Å². The molecule has 0 saturated carbocycles. The zero-order valence-corrected chi connectivity index (χ0v) is 8.00. The maximum atomic E-state index is 10.1. The predicted molar refractivity (Wildman–Crippen MR) is 49.6 cm³/mol. The summed E-state index contributed by atoms with van der Waals surface area (Å²) in [6.45, 7) is 4.85. The zero-order chi connectivity index (χ0) is 9.53. The van der Waals surface area contributed by atoms with Crippen molar-refractivity contribution in [2.75, 3.05) is 13.2 Å². The van der Waals surface area contributed by atoms with E-state index in [2.05, 4.69) is 4.98 Å². The maximum Gasteiger partial charge on any atom is 0.0851 e. The van der Waals surface area contributed by atoms with Gasteiger partial charge in [-0.05, 0) is 26.0 Å². The lowest BCUT2D eigenvalue weighted by atomic mass is 9.70. The molecule has 1 aromatic heterocycles. The van der Waals surface area contributed by atoms with Gasteiger partial charge in [0, 0.05) is 11.9 Å². The summed E-state index contributed by atoms with van der Waals surface area (Å²) >= 11 is 0. The van der Waals surface area contributed by atoms with Crippen molar-refractivity contribution in [3.05, 3.63) is 24.0 Å². The van der Waals surface area contributed by atoms with Gasteiger partial charge in [0.25, 0.3) is 0 Å². The molecule has 1 aliphatic rings. The van der Waals surface area contributed by atoms with Crippen molar-refractivity contribution in [3.8, 4) is 0 Å². The second kappa shape index (κ2) is 2.59. The van der Waals surface area contributed by atoms with Gasteiger partial charge in [0.15, 0.2) is 0 Å². The van der Waals surface area contributed by atoms with Gasteiger partial charge in [-0.25, -0.2) is 0 Å². The summed E-state index contributed by atoms with van der Waals surface area (Å²) in [6.07, 6.45) is 1.88. The van der Waals surface area contributed by atoms with Crippen LogP contribution in [0.25, 0.3) is 0 Å². The van der Waals surface area contributed by atoms with Gasteiger partial charge in [-0.2, -0.15) is 0 Å². The van der Waals surface area contributed by atoms with Crippen LogP contribution in [0.4, 0.5) is 0 Å². The normalized spacial score (nSPS) is 21.2. The maximum absolute atomic E-state index is 10.1. The Kier molecular flexibility index (Phi) is 1.75. The van der Waals surface area contributed by atoms with E-state index in [1.807, 2.05) is 32.2 Å². The highest BCUT2D eigenvalue weighted by Crippen LogP contribution is 2.40. The first-order valence-electron chi connectivity index (χ1n) is 4.50. The molecule has 0 bridgehead atoms. The summed E-state index contributed by atoms with van der Waals surface area (Å²) in [5, 5.41) is 10.1.